The number of para-hydroxylation sites is 1. The Labute approximate surface area is 255 Å². The predicted octanol–water partition coefficient (Wildman–Crippen LogP) is 5.71. The summed E-state index contributed by atoms with van der Waals surface area (Å²) in [7, 11) is 2.48. The largest absolute Gasteiger partial charge is 0.467 e. The van der Waals surface area contributed by atoms with Crippen molar-refractivity contribution in [3.8, 4) is 17.0 Å². The number of hydrogen-bond acceptors (Lipinski definition) is 8. The minimum atomic E-state index is -1.23. The van der Waals surface area contributed by atoms with E-state index in [2.05, 4.69) is 59.5 Å². The van der Waals surface area contributed by atoms with E-state index in [1.54, 1.807) is 12.0 Å². The first-order chi connectivity index (χ1) is 20.3. The van der Waals surface area contributed by atoms with Crippen molar-refractivity contribution in [2.24, 2.45) is 0 Å². The van der Waals surface area contributed by atoms with Gasteiger partial charge in [0.1, 0.15) is 18.1 Å². The monoisotopic (exact) mass is 607 g/mol. The standard InChI is InChI=1S/C32H45N5O5Si/c1-31(2,3)42-30(38)36-19-32(20-36)17-24(18-35(32)4)27-16-23-15-26(25-11-9-10-12-28(25)41-22-39-5)33-34-29(23)37(27)21-40-13-14-43(6,7)8/h9-12,15-17H,13-14,18-22H2,1-8H3. The molecule has 2 aromatic heterocycles. The van der Waals surface area contributed by atoms with Crippen LogP contribution in [-0.4, -0.2) is 97.1 Å². The van der Waals surface area contributed by atoms with Crippen molar-refractivity contribution < 1.29 is 23.7 Å². The van der Waals surface area contributed by atoms with Gasteiger partial charge in [0.15, 0.2) is 12.4 Å². The van der Waals surface area contributed by atoms with Gasteiger partial charge >= 0.3 is 6.09 Å². The third kappa shape index (κ3) is 6.95. The Morgan fingerprint density at radius 1 is 1.09 bits per heavy atom. The summed E-state index contributed by atoms with van der Waals surface area (Å²) in [5.74, 6) is 0.689. The summed E-state index contributed by atoms with van der Waals surface area (Å²) in [5.41, 5.74) is 3.85. The van der Waals surface area contributed by atoms with Gasteiger partial charge in [0, 0.05) is 58.1 Å². The Bertz CT molecular complexity index is 1500. The highest BCUT2D eigenvalue weighted by Crippen LogP contribution is 2.40. The van der Waals surface area contributed by atoms with Crippen molar-refractivity contribution in [3.05, 3.63) is 48.2 Å². The van der Waals surface area contributed by atoms with E-state index in [1.165, 1.54) is 5.57 Å². The minimum absolute atomic E-state index is 0.150. The van der Waals surface area contributed by atoms with Gasteiger partial charge in [-0.25, -0.2) is 4.79 Å². The molecule has 2 aliphatic rings. The lowest BCUT2D eigenvalue weighted by Gasteiger charge is -2.50. The van der Waals surface area contributed by atoms with Crippen LogP contribution in [0.1, 0.15) is 26.5 Å². The summed E-state index contributed by atoms with van der Waals surface area (Å²) in [6.07, 6.45) is 2.04. The average Bonchev–Trinajstić information content (AvgIpc) is 3.44. The molecule has 0 radical (unpaired) electrons. The highest BCUT2D eigenvalue weighted by atomic mass is 28.3. The van der Waals surface area contributed by atoms with Crippen LogP contribution >= 0.6 is 0 Å². The fourth-order valence-corrected chi connectivity index (χ4v) is 6.25. The summed E-state index contributed by atoms with van der Waals surface area (Å²) in [6.45, 7) is 15.9. The van der Waals surface area contributed by atoms with Crippen LogP contribution in [0.25, 0.3) is 27.9 Å². The molecular formula is C32H45N5O5Si. The lowest BCUT2D eigenvalue weighted by atomic mass is 9.89. The van der Waals surface area contributed by atoms with Crippen LogP contribution in [0.15, 0.2) is 42.5 Å². The van der Waals surface area contributed by atoms with Crippen molar-refractivity contribution in [3.63, 3.8) is 0 Å². The van der Waals surface area contributed by atoms with E-state index in [0.29, 0.717) is 32.2 Å². The van der Waals surface area contributed by atoms with Crippen LogP contribution in [0.2, 0.25) is 25.7 Å². The summed E-state index contributed by atoms with van der Waals surface area (Å²) >= 11 is 0. The van der Waals surface area contributed by atoms with Gasteiger partial charge in [-0.05, 0) is 63.7 Å². The average molecular weight is 608 g/mol. The second kappa shape index (κ2) is 12.0. The second-order valence-corrected chi connectivity index (χ2v) is 19.4. The zero-order chi connectivity index (χ0) is 31.0. The van der Waals surface area contributed by atoms with E-state index in [0.717, 1.165) is 40.6 Å². The first-order valence-corrected chi connectivity index (χ1v) is 18.6. The van der Waals surface area contributed by atoms with Crippen molar-refractivity contribution in [2.75, 3.05) is 47.2 Å². The van der Waals surface area contributed by atoms with Gasteiger partial charge in [0.2, 0.25) is 0 Å². The molecule has 43 heavy (non-hydrogen) atoms. The third-order valence-corrected chi connectivity index (χ3v) is 9.58. The quantitative estimate of drug-likeness (QED) is 0.164. The Hall–Kier alpha value is -3.25. The van der Waals surface area contributed by atoms with E-state index >= 15 is 0 Å². The molecule has 232 valence electrons. The van der Waals surface area contributed by atoms with Crippen LogP contribution in [0, 0.1) is 0 Å². The number of carbonyl (C=O) groups excluding carboxylic acids is 1. The number of hydrogen-bond donors (Lipinski definition) is 0. The normalized spacial score (nSPS) is 16.9. The molecule has 1 amide bonds. The van der Waals surface area contributed by atoms with Crippen molar-refractivity contribution in [1.82, 2.24) is 24.6 Å². The molecule has 3 aromatic rings. The molecule has 0 N–H and O–H groups in total. The number of likely N-dealkylation sites (tertiary alicyclic amines) is 1. The minimum Gasteiger partial charge on any atom is -0.467 e. The number of ether oxygens (including phenoxy) is 4. The first-order valence-electron chi connectivity index (χ1n) is 14.9. The molecule has 1 fully saturated rings. The van der Waals surface area contributed by atoms with Gasteiger partial charge in [0.25, 0.3) is 0 Å². The third-order valence-electron chi connectivity index (χ3n) is 7.87. The fraction of sp³-hybridized carbons (Fsp3) is 0.531. The van der Waals surface area contributed by atoms with Crippen LogP contribution in [0.4, 0.5) is 4.79 Å². The van der Waals surface area contributed by atoms with Crippen molar-refractivity contribution in [2.45, 2.75) is 64.3 Å². The smallest absolute Gasteiger partial charge is 0.410 e. The van der Waals surface area contributed by atoms with Crippen molar-refractivity contribution >= 4 is 30.8 Å². The lowest BCUT2D eigenvalue weighted by molar-refractivity contribution is -0.0283. The first kappa shape index (κ1) is 31.2. The second-order valence-electron chi connectivity index (χ2n) is 13.8. The van der Waals surface area contributed by atoms with E-state index in [1.807, 2.05) is 45.0 Å². The van der Waals surface area contributed by atoms with Gasteiger partial charge in [-0.15, -0.1) is 10.2 Å². The number of benzene rings is 1. The lowest BCUT2D eigenvalue weighted by Crippen LogP contribution is -2.68. The molecule has 0 atom stereocenters. The molecule has 10 nitrogen and oxygen atoms in total. The van der Waals surface area contributed by atoms with Gasteiger partial charge in [-0.2, -0.15) is 0 Å². The highest BCUT2D eigenvalue weighted by molar-refractivity contribution is 6.76. The van der Waals surface area contributed by atoms with Gasteiger partial charge in [-0.1, -0.05) is 37.8 Å². The number of nitrogens with zero attached hydrogens (tertiary/aromatic N) is 5. The van der Waals surface area contributed by atoms with Crippen molar-refractivity contribution in [1.29, 1.82) is 0 Å². The molecule has 2 aliphatic heterocycles. The Morgan fingerprint density at radius 2 is 1.84 bits per heavy atom. The number of rotatable bonds is 10. The van der Waals surface area contributed by atoms with E-state index in [-0.39, 0.29) is 18.4 Å². The summed E-state index contributed by atoms with van der Waals surface area (Å²) in [6, 6.07) is 13.1. The number of methoxy groups -OCH3 is 1. The number of carbonyl (C=O) groups is 1. The van der Waals surface area contributed by atoms with Crippen LogP contribution < -0.4 is 4.74 Å². The molecule has 0 bridgehead atoms. The van der Waals surface area contributed by atoms with Gasteiger partial charge in [-0.3, -0.25) is 4.90 Å². The van der Waals surface area contributed by atoms with Gasteiger partial charge in [0.05, 0.1) is 11.2 Å². The maximum Gasteiger partial charge on any atom is 0.410 e. The summed E-state index contributed by atoms with van der Waals surface area (Å²) in [5, 5.41) is 10.3. The maximum absolute atomic E-state index is 12.7. The van der Waals surface area contributed by atoms with Crippen LogP contribution in [0.3, 0.4) is 0 Å². The van der Waals surface area contributed by atoms with E-state index in [4.69, 9.17) is 24.0 Å². The fourth-order valence-electron chi connectivity index (χ4n) is 5.50. The number of fused-ring (bicyclic) bond motifs is 1. The molecule has 5 rings (SSSR count). The predicted molar refractivity (Wildman–Crippen MR) is 171 cm³/mol. The molecule has 4 heterocycles. The van der Waals surface area contributed by atoms with E-state index < -0.39 is 13.7 Å². The molecule has 1 saturated heterocycles. The summed E-state index contributed by atoms with van der Waals surface area (Å²) < 4.78 is 24.9. The van der Waals surface area contributed by atoms with Crippen LogP contribution in [-0.2, 0) is 20.9 Å². The molecule has 1 aromatic carbocycles. The molecular weight excluding hydrogens is 562 g/mol. The maximum atomic E-state index is 12.7. The summed E-state index contributed by atoms with van der Waals surface area (Å²) in [4.78, 5) is 16.8. The SMILES string of the molecule is COCOc1ccccc1-c1cc2cc(C3=CC4(CN(C(=O)OC(C)(C)C)C4)N(C)C3)n(COCC[Si](C)(C)C)c2nn1. The molecule has 11 heteroatoms. The highest BCUT2D eigenvalue weighted by Gasteiger charge is 2.51. The Balaban J connectivity index is 1.46. The Kier molecular flexibility index (Phi) is 8.72. The Morgan fingerprint density at radius 3 is 2.53 bits per heavy atom. The zero-order valence-corrected chi connectivity index (χ0v) is 27.8. The molecule has 1 spiro atoms. The molecule has 0 aliphatic carbocycles. The molecule has 0 saturated carbocycles. The van der Waals surface area contributed by atoms with Crippen LogP contribution in [0.5, 0.6) is 5.75 Å². The van der Waals surface area contributed by atoms with E-state index in [9.17, 15) is 4.79 Å². The zero-order valence-electron chi connectivity index (χ0n) is 26.8. The topological polar surface area (TPSA) is 91.2 Å². The van der Waals surface area contributed by atoms with Gasteiger partial charge < -0.3 is 28.4 Å². The molecule has 0 unspecified atom stereocenters. The number of aromatic nitrogens is 3. The number of likely N-dealkylation sites (N-methyl/N-ethyl adjacent to an activating group) is 1. The number of amides is 1.